The molecule has 0 aliphatic carbocycles. The Kier molecular flexibility index (Phi) is 5.24. The highest BCUT2D eigenvalue weighted by atomic mass is 79.9. The number of hydrogen-bond acceptors (Lipinski definition) is 4. The zero-order valence-electron chi connectivity index (χ0n) is 10.6. The summed E-state index contributed by atoms with van der Waals surface area (Å²) < 4.78 is 6.39. The fourth-order valence-electron chi connectivity index (χ4n) is 1.61. The minimum Gasteiger partial charge on any atom is -0.373 e. The number of hydrogen-bond donors (Lipinski definition) is 0. The van der Waals surface area contributed by atoms with Crippen LogP contribution in [0.3, 0.4) is 0 Å². The van der Waals surface area contributed by atoms with Crippen molar-refractivity contribution in [1.29, 1.82) is 0 Å². The second-order valence-electron chi connectivity index (χ2n) is 4.09. The summed E-state index contributed by atoms with van der Waals surface area (Å²) in [6.07, 6.45) is 0.810. The molecule has 0 atom stereocenters. The van der Waals surface area contributed by atoms with Crippen molar-refractivity contribution in [3.05, 3.63) is 50.4 Å². The Morgan fingerprint density at radius 1 is 1.37 bits per heavy atom. The fraction of sp³-hybridized carbons (Fsp3) is 0.286. The van der Waals surface area contributed by atoms with Crippen LogP contribution in [-0.2, 0) is 11.2 Å². The Balaban J connectivity index is 1.75. The molecule has 0 aliphatic heterocycles. The molecule has 5 heteroatoms. The SMILES string of the molecule is Cc1ncsc1CCOCC(=O)c1ccc(Br)cc1. The van der Waals surface area contributed by atoms with Gasteiger partial charge in [-0.05, 0) is 19.1 Å². The van der Waals surface area contributed by atoms with E-state index in [0.717, 1.165) is 16.6 Å². The molecular formula is C14H14BrNO2S. The van der Waals surface area contributed by atoms with Crippen molar-refractivity contribution in [1.82, 2.24) is 4.98 Å². The van der Waals surface area contributed by atoms with Crippen LogP contribution in [-0.4, -0.2) is 24.0 Å². The molecule has 0 saturated carbocycles. The van der Waals surface area contributed by atoms with Gasteiger partial charge in [0, 0.05) is 21.3 Å². The predicted molar refractivity (Wildman–Crippen MR) is 79.8 cm³/mol. The summed E-state index contributed by atoms with van der Waals surface area (Å²) in [4.78, 5) is 17.2. The molecule has 0 bridgehead atoms. The highest BCUT2D eigenvalue weighted by Gasteiger charge is 2.06. The lowest BCUT2D eigenvalue weighted by molar-refractivity contribution is 0.0766. The number of rotatable bonds is 6. The predicted octanol–water partition coefficient (Wildman–Crippen LogP) is 3.66. The third-order valence-corrected chi connectivity index (χ3v) is 4.24. The van der Waals surface area contributed by atoms with E-state index in [9.17, 15) is 4.79 Å². The molecule has 0 spiro atoms. The van der Waals surface area contributed by atoms with Crippen LogP contribution in [0.1, 0.15) is 20.9 Å². The summed E-state index contributed by atoms with van der Waals surface area (Å²) >= 11 is 4.97. The third-order valence-electron chi connectivity index (χ3n) is 2.72. The molecule has 1 aromatic heterocycles. The van der Waals surface area contributed by atoms with Crippen molar-refractivity contribution in [2.45, 2.75) is 13.3 Å². The topological polar surface area (TPSA) is 39.2 Å². The summed E-state index contributed by atoms with van der Waals surface area (Å²) in [5, 5.41) is 0. The van der Waals surface area contributed by atoms with Gasteiger partial charge in [-0.25, -0.2) is 4.98 Å². The number of ketones is 1. The van der Waals surface area contributed by atoms with Crippen molar-refractivity contribution < 1.29 is 9.53 Å². The molecule has 100 valence electrons. The number of halogens is 1. The minimum absolute atomic E-state index is 0.00789. The van der Waals surface area contributed by atoms with E-state index in [1.54, 1.807) is 23.5 Å². The molecule has 3 nitrogen and oxygen atoms in total. The van der Waals surface area contributed by atoms with Gasteiger partial charge in [0.15, 0.2) is 5.78 Å². The Labute approximate surface area is 124 Å². The maximum Gasteiger partial charge on any atom is 0.188 e. The molecule has 1 aromatic carbocycles. The Morgan fingerprint density at radius 2 is 2.11 bits per heavy atom. The first-order chi connectivity index (χ1) is 9.16. The molecule has 0 unspecified atom stereocenters. The van der Waals surface area contributed by atoms with E-state index in [2.05, 4.69) is 20.9 Å². The van der Waals surface area contributed by atoms with Crippen LogP contribution < -0.4 is 0 Å². The van der Waals surface area contributed by atoms with Crippen LogP contribution in [0.25, 0.3) is 0 Å². The van der Waals surface area contributed by atoms with E-state index < -0.39 is 0 Å². The number of nitrogens with zero attached hydrogens (tertiary/aromatic N) is 1. The lowest BCUT2D eigenvalue weighted by Crippen LogP contribution is -2.10. The number of benzene rings is 1. The zero-order chi connectivity index (χ0) is 13.7. The van der Waals surface area contributed by atoms with Gasteiger partial charge in [-0.2, -0.15) is 0 Å². The smallest absolute Gasteiger partial charge is 0.188 e. The van der Waals surface area contributed by atoms with E-state index >= 15 is 0 Å². The molecule has 0 aliphatic rings. The first-order valence-corrected chi connectivity index (χ1v) is 7.59. The molecule has 0 fully saturated rings. The second-order valence-corrected chi connectivity index (χ2v) is 5.95. The van der Waals surface area contributed by atoms with Crippen LogP contribution in [0.5, 0.6) is 0 Å². The van der Waals surface area contributed by atoms with Gasteiger partial charge in [-0.15, -0.1) is 11.3 Å². The molecule has 1 heterocycles. The van der Waals surface area contributed by atoms with Crippen molar-refractivity contribution in [3.63, 3.8) is 0 Å². The summed E-state index contributed by atoms with van der Waals surface area (Å²) in [5.74, 6) is 0.00789. The molecule has 0 saturated heterocycles. The summed E-state index contributed by atoms with van der Waals surface area (Å²) in [6.45, 7) is 2.66. The number of aryl methyl sites for hydroxylation is 1. The van der Waals surface area contributed by atoms with Gasteiger partial charge in [-0.1, -0.05) is 28.1 Å². The molecule has 0 N–H and O–H groups in total. The third kappa shape index (κ3) is 4.23. The fourth-order valence-corrected chi connectivity index (χ4v) is 2.64. The summed E-state index contributed by atoms with van der Waals surface area (Å²) in [5.41, 5.74) is 3.56. The van der Waals surface area contributed by atoms with Crippen LogP contribution in [0.4, 0.5) is 0 Å². The van der Waals surface area contributed by atoms with Crippen LogP contribution in [0.15, 0.2) is 34.2 Å². The van der Waals surface area contributed by atoms with E-state index in [1.807, 2.05) is 24.6 Å². The lowest BCUT2D eigenvalue weighted by atomic mass is 10.1. The van der Waals surface area contributed by atoms with Crippen LogP contribution >= 0.6 is 27.3 Å². The average Bonchev–Trinajstić information content (AvgIpc) is 2.81. The van der Waals surface area contributed by atoms with Crippen LogP contribution in [0, 0.1) is 6.92 Å². The first-order valence-electron chi connectivity index (χ1n) is 5.92. The van der Waals surface area contributed by atoms with Crippen molar-refractivity contribution in [2.75, 3.05) is 13.2 Å². The lowest BCUT2D eigenvalue weighted by Gasteiger charge is -2.03. The van der Waals surface area contributed by atoms with Gasteiger partial charge in [0.1, 0.15) is 6.61 Å². The quantitative estimate of drug-likeness (QED) is 0.595. The molecule has 0 amide bonds. The molecule has 2 aromatic rings. The van der Waals surface area contributed by atoms with Crippen molar-refractivity contribution in [3.8, 4) is 0 Å². The van der Waals surface area contributed by atoms with Crippen molar-refractivity contribution >= 4 is 33.0 Å². The molecular weight excluding hydrogens is 326 g/mol. The largest absolute Gasteiger partial charge is 0.373 e. The summed E-state index contributed by atoms with van der Waals surface area (Å²) in [7, 11) is 0. The number of carbonyl (C=O) groups excluding carboxylic acids is 1. The van der Waals surface area contributed by atoms with E-state index in [-0.39, 0.29) is 12.4 Å². The highest BCUT2D eigenvalue weighted by Crippen LogP contribution is 2.13. The van der Waals surface area contributed by atoms with Crippen LogP contribution in [0.2, 0.25) is 0 Å². The van der Waals surface area contributed by atoms with Crippen molar-refractivity contribution in [2.24, 2.45) is 0 Å². The molecule has 19 heavy (non-hydrogen) atoms. The van der Waals surface area contributed by atoms with Gasteiger partial charge in [0.05, 0.1) is 17.8 Å². The van der Waals surface area contributed by atoms with Gasteiger partial charge in [-0.3, -0.25) is 4.79 Å². The standard InChI is InChI=1S/C14H14BrNO2S/c1-10-14(19-9-16-10)6-7-18-8-13(17)11-2-4-12(15)5-3-11/h2-5,9H,6-8H2,1H3. The summed E-state index contributed by atoms with van der Waals surface area (Å²) in [6, 6.07) is 7.30. The first kappa shape index (κ1) is 14.4. The van der Waals surface area contributed by atoms with Gasteiger partial charge in [0.2, 0.25) is 0 Å². The number of Topliss-reactive ketones (excluding diaryl/α,β-unsaturated/α-hetero) is 1. The monoisotopic (exact) mass is 339 g/mol. The molecule has 0 radical (unpaired) electrons. The maximum atomic E-state index is 11.8. The number of ether oxygens (including phenoxy) is 1. The van der Waals surface area contributed by atoms with E-state index in [0.29, 0.717) is 12.2 Å². The zero-order valence-corrected chi connectivity index (χ0v) is 13.0. The number of thiazole rings is 1. The second kappa shape index (κ2) is 6.93. The minimum atomic E-state index is 0.00789. The Hall–Kier alpha value is -1.04. The molecule has 2 rings (SSSR count). The van der Waals surface area contributed by atoms with Gasteiger partial charge < -0.3 is 4.74 Å². The van der Waals surface area contributed by atoms with E-state index in [4.69, 9.17) is 4.74 Å². The number of aromatic nitrogens is 1. The normalized spacial score (nSPS) is 10.6. The maximum absolute atomic E-state index is 11.8. The Bertz CT molecular complexity index is 551. The van der Waals surface area contributed by atoms with Gasteiger partial charge >= 0.3 is 0 Å². The number of carbonyl (C=O) groups is 1. The average molecular weight is 340 g/mol. The Morgan fingerprint density at radius 3 is 2.74 bits per heavy atom. The highest BCUT2D eigenvalue weighted by molar-refractivity contribution is 9.10. The van der Waals surface area contributed by atoms with Gasteiger partial charge in [0.25, 0.3) is 0 Å². The van der Waals surface area contributed by atoms with E-state index in [1.165, 1.54) is 4.88 Å².